The number of nitrogens with zero attached hydrogens (tertiary/aromatic N) is 1. The highest BCUT2D eigenvalue weighted by Crippen LogP contribution is 2.17. The van der Waals surface area contributed by atoms with Crippen LogP contribution in [0.1, 0.15) is 27.2 Å². The summed E-state index contributed by atoms with van der Waals surface area (Å²) in [4.78, 5) is 25.1. The van der Waals surface area contributed by atoms with Crippen LogP contribution in [0.15, 0.2) is 0 Å². The lowest BCUT2D eigenvalue weighted by Crippen LogP contribution is -2.41. The first-order valence-electron chi connectivity index (χ1n) is 6.37. The highest BCUT2D eigenvalue weighted by atomic mass is 35.5. The third kappa shape index (κ3) is 4.82. The molecule has 1 rings (SSSR count). The smallest absolute Gasteiger partial charge is 0.225 e. The maximum atomic E-state index is 11.8. The molecule has 0 saturated carbocycles. The maximum absolute atomic E-state index is 11.8. The lowest BCUT2D eigenvalue weighted by Gasteiger charge is -2.16. The lowest BCUT2D eigenvalue weighted by atomic mass is 10.1. The van der Waals surface area contributed by atoms with Crippen LogP contribution in [0.2, 0.25) is 0 Å². The van der Waals surface area contributed by atoms with E-state index in [9.17, 15) is 9.59 Å². The van der Waals surface area contributed by atoms with Gasteiger partial charge in [-0.25, -0.2) is 0 Å². The molecule has 0 bridgehead atoms. The van der Waals surface area contributed by atoms with Crippen molar-refractivity contribution in [3.63, 3.8) is 0 Å². The molecule has 106 valence electrons. The Kier molecular flexibility index (Phi) is 7.95. The van der Waals surface area contributed by atoms with Crippen molar-refractivity contribution < 1.29 is 9.59 Å². The van der Waals surface area contributed by atoms with Gasteiger partial charge in [0.15, 0.2) is 0 Å². The third-order valence-electron chi connectivity index (χ3n) is 3.10. The minimum Gasteiger partial charge on any atom is -0.354 e. The molecule has 2 atom stereocenters. The average molecular weight is 278 g/mol. The molecule has 1 fully saturated rings. The van der Waals surface area contributed by atoms with Gasteiger partial charge in [-0.05, 0) is 20.4 Å². The predicted molar refractivity (Wildman–Crippen MR) is 73.8 cm³/mol. The van der Waals surface area contributed by atoms with E-state index in [2.05, 4.69) is 10.6 Å². The largest absolute Gasteiger partial charge is 0.354 e. The number of likely N-dealkylation sites (tertiary alicyclic amines) is 1. The van der Waals surface area contributed by atoms with Crippen LogP contribution in [-0.2, 0) is 9.59 Å². The number of amides is 2. The van der Waals surface area contributed by atoms with Gasteiger partial charge in [0, 0.05) is 32.1 Å². The van der Waals surface area contributed by atoms with Crippen LogP contribution in [-0.4, -0.2) is 48.9 Å². The van der Waals surface area contributed by atoms with Crippen molar-refractivity contribution in [3.05, 3.63) is 0 Å². The number of hydrogen-bond acceptors (Lipinski definition) is 3. The summed E-state index contributed by atoms with van der Waals surface area (Å²) in [5, 5.41) is 6.12. The molecule has 1 heterocycles. The van der Waals surface area contributed by atoms with Crippen molar-refractivity contribution in [2.75, 3.05) is 26.2 Å². The highest BCUT2D eigenvalue weighted by molar-refractivity contribution is 5.89. The average Bonchev–Trinajstić information content (AvgIpc) is 2.68. The van der Waals surface area contributed by atoms with Crippen molar-refractivity contribution in [3.8, 4) is 0 Å². The number of nitrogens with one attached hydrogen (secondary N) is 2. The van der Waals surface area contributed by atoms with E-state index >= 15 is 0 Å². The first-order chi connectivity index (χ1) is 8.08. The monoisotopic (exact) mass is 277 g/mol. The van der Waals surface area contributed by atoms with Gasteiger partial charge in [-0.15, -0.1) is 12.4 Å². The summed E-state index contributed by atoms with van der Waals surface area (Å²) in [6.07, 6.45) is 0.356. The minimum atomic E-state index is -0.170. The van der Waals surface area contributed by atoms with Crippen LogP contribution in [0.25, 0.3) is 0 Å². The number of carbonyl (C=O) groups excluding carboxylic acids is 2. The fourth-order valence-corrected chi connectivity index (χ4v) is 2.07. The second-order valence-corrected chi connectivity index (χ2v) is 4.54. The Bertz CT molecular complexity index is 286. The van der Waals surface area contributed by atoms with Gasteiger partial charge in [-0.3, -0.25) is 9.59 Å². The molecular formula is C12H24ClN3O2. The van der Waals surface area contributed by atoms with Gasteiger partial charge in [-0.1, -0.05) is 6.92 Å². The van der Waals surface area contributed by atoms with Crippen molar-refractivity contribution in [1.82, 2.24) is 15.5 Å². The molecule has 0 aliphatic carbocycles. The predicted octanol–water partition coefficient (Wildman–Crippen LogP) is 0.391. The quantitative estimate of drug-likeness (QED) is 0.738. The van der Waals surface area contributed by atoms with Crippen molar-refractivity contribution >= 4 is 24.2 Å². The van der Waals surface area contributed by atoms with E-state index < -0.39 is 0 Å². The number of likely N-dealkylation sites (N-methyl/N-ethyl adjacent to an activating group) is 1. The Hall–Kier alpha value is -0.810. The molecule has 0 aromatic carbocycles. The van der Waals surface area contributed by atoms with E-state index in [1.165, 1.54) is 0 Å². The Morgan fingerprint density at radius 3 is 2.67 bits per heavy atom. The Morgan fingerprint density at radius 1 is 1.50 bits per heavy atom. The molecule has 1 aliphatic rings. The molecule has 2 N–H and O–H groups in total. The molecule has 18 heavy (non-hydrogen) atoms. The summed E-state index contributed by atoms with van der Waals surface area (Å²) >= 11 is 0. The zero-order valence-electron chi connectivity index (χ0n) is 11.4. The minimum absolute atomic E-state index is 0. The van der Waals surface area contributed by atoms with Gasteiger partial charge < -0.3 is 15.5 Å². The van der Waals surface area contributed by atoms with Gasteiger partial charge in [0.05, 0.1) is 5.92 Å². The third-order valence-corrected chi connectivity index (χ3v) is 3.10. The molecule has 6 heteroatoms. The lowest BCUT2D eigenvalue weighted by molar-refractivity contribution is -0.128. The van der Waals surface area contributed by atoms with Crippen LogP contribution >= 0.6 is 12.4 Å². The van der Waals surface area contributed by atoms with E-state index in [4.69, 9.17) is 0 Å². The molecule has 1 saturated heterocycles. The summed E-state index contributed by atoms with van der Waals surface area (Å²) < 4.78 is 0. The first kappa shape index (κ1) is 17.2. The number of carbonyl (C=O) groups is 2. The molecular weight excluding hydrogens is 254 g/mol. The maximum Gasteiger partial charge on any atom is 0.225 e. The normalized spacial score (nSPS) is 20.5. The van der Waals surface area contributed by atoms with E-state index in [1.807, 2.05) is 20.8 Å². The van der Waals surface area contributed by atoms with Crippen molar-refractivity contribution in [2.45, 2.75) is 33.2 Å². The topological polar surface area (TPSA) is 61.4 Å². The molecule has 1 aliphatic heterocycles. The first-order valence-corrected chi connectivity index (χ1v) is 6.37. The van der Waals surface area contributed by atoms with Crippen molar-refractivity contribution in [2.24, 2.45) is 5.92 Å². The molecule has 0 aromatic rings. The SMILES string of the molecule is CCN[C@H](C)CNC(=O)C1CC(=O)N(CC)C1.Cl. The highest BCUT2D eigenvalue weighted by Gasteiger charge is 2.33. The van der Waals surface area contributed by atoms with Crippen molar-refractivity contribution in [1.29, 1.82) is 0 Å². The van der Waals surface area contributed by atoms with Gasteiger partial charge >= 0.3 is 0 Å². The summed E-state index contributed by atoms with van der Waals surface area (Å²) in [6.45, 7) is 8.76. The van der Waals surface area contributed by atoms with E-state index in [1.54, 1.807) is 4.90 Å². The molecule has 5 nitrogen and oxygen atoms in total. The fourth-order valence-electron chi connectivity index (χ4n) is 2.07. The fraction of sp³-hybridized carbons (Fsp3) is 0.833. The number of rotatable bonds is 6. The standard InChI is InChI=1S/C12H23N3O2.ClH/c1-4-13-9(3)7-14-12(17)10-6-11(16)15(5-2)8-10;/h9-10,13H,4-8H2,1-3H3,(H,14,17);1H/t9-,10?;/m1./s1. The zero-order chi connectivity index (χ0) is 12.8. The summed E-state index contributed by atoms with van der Waals surface area (Å²) in [5.41, 5.74) is 0. The molecule has 1 unspecified atom stereocenters. The van der Waals surface area contributed by atoms with Gasteiger partial charge in [0.25, 0.3) is 0 Å². The van der Waals surface area contributed by atoms with Gasteiger partial charge in [-0.2, -0.15) is 0 Å². The number of hydrogen-bond donors (Lipinski definition) is 2. The van der Waals surface area contributed by atoms with Crippen LogP contribution in [0.4, 0.5) is 0 Å². The van der Waals surface area contributed by atoms with Crippen LogP contribution in [0, 0.1) is 5.92 Å². The van der Waals surface area contributed by atoms with E-state index in [0.717, 1.165) is 6.54 Å². The second kappa shape index (κ2) is 8.32. The summed E-state index contributed by atoms with van der Waals surface area (Å²) in [7, 11) is 0. The van der Waals surface area contributed by atoms with Crippen LogP contribution < -0.4 is 10.6 Å². The zero-order valence-corrected chi connectivity index (χ0v) is 12.2. The summed E-state index contributed by atoms with van der Waals surface area (Å²) in [6, 6.07) is 0.267. The Labute approximate surface area is 115 Å². The molecule has 0 spiro atoms. The van der Waals surface area contributed by atoms with E-state index in [-0.39, 0.29) is 36.2 Å². The second-order valence-electron chi connectivity index (χ2n) is 4.54. The molecule has 2 amide bonds. The van der Waals surface area contributed by atoms with Crippen LogP contribution in [0.3, 0.4) is 0 Å². The van der Waals surface area contributed by atoms with Gasteiger partial charge in [0.1, 0.15) is 0 Å². The van der Waals surface area contributed by atoms with E-state index in [0.29, 0.717) is 26.1 Å². The van der Waals surface area contributed by atoms with Crippen LogP contribution in [0.5, 0.6) is 0 Å². The van der Waals surface area contributed by atoms with Gasteiger partial charge in [0.2, 0.25) is 11.8 Å². The Morgan fingerprint density at radius 2 is 2.17 bits per heavy atom. The number of halogens is 1. The summed E-state index contributed by atoms with van der Waals surface area (Å²) in [5.74, 6) is -0.0808. The molecule has 0 aromatic heterocycles. The Balaban J connectivity index is 0.00000289. The molecule has 0 radical (unpaired) electrons.